The Morgan fingerprint density at radius 3 is 2.71 bits per heavy atom. The van der Waals surface area contributed by atoms with Crippen molar-refractivity contribution in [2.24, 2.45) is 5.73 Å². The first-order valence-electron chi connectivity index (χ1n) is 6.80. The molecule has 21 heavy (non-hydrogen) atoms. The number of methoxy groups -OCH3 is 1. The number of benzene rings is 1. The summed E-state index contributed by atoms with van der Waals surface area (Å²) in [5.41, 5.74) is 7.22. The number of aromatic nitrogens is 1. The van der Waals surface area contributed by atoms with Gasteiger partial charge in [0.1, 0.15) is 17.6 Å². The largest absolute Gasteiger partial charge is 0.497 e. The van der Waals surface area contributed by atoms with Gasteiger partial charge in [-0.3, -0.25) is 4.98 Å². The molecular formula is C16H19BrN2O2. The molecule has 0 aliphatic rings. The molecule has 2 aromatic rings. The summed E-state index contributed by atoms with van der Waals surface area (Å²) in [5, 5.41) is 0. The van der Waals surface area contributed by atoms with E-state index in [1.807, 2.05) is 37.3 Å². The zero-order valence-corrected chi connectivity index (χ0v) is 13.7. The Bertz CT molecular complexity index is 592. The highest BCUT2D eigenvalue weighted by Crippen LogP contribution is 2.28. The SMILES string of the molecule is CCC(N)C(Oc1cncc(Br)c1)c1cccc(OC)c1. The van der Waals surface area contributed by atoms with Crippen LogP contribution in [-0.2, 0) is 0 Å². The van der Waals surface area contributed by atoms with Gasteiger partial charge in [0.2, 0.25) is 0 Å². The summed E-state index contributed by atoms with van der Waals surface area (Å²) in [7, 11) is 1.65. The first kappa shape index (κ1) is 15.8. The van der Waals surface area contributed by atoms with Gasteiger partial charge in [-0.25, -0.2) is 0 Å². The van der Waals surface area contributed by atoms with Crippen LogP contribution in [0.2, 0.25) is 0 Å². The summed E-state index contributed by atoms with van der Waals surface area (Å²) >= 11 is 3.39. The summed E-state index contributed by atoms with van der Waals surface area (Å²) in [6, 6.07) is 9.55. The lowest BCUT2D eigenvalue weighted by Gasteiger charge is -2.25. The smallest absolute Gasteiger partial charge is 0.139 e. The second-order valence-electron chi connectivity index (χ2n) is 4.73. The molecule has 0 spiro atoms. The molecular weight excluding hydrogens is 332 g/mol. The fraction of sp³-hybridized carbons (Fsp3) is 0.312. The Morgan fingerprint density at radius 2 is 2.05 bits per heavy atom. The third-order valence-corrected chi connectivity index (χ3v) is 3.66. The molecule has 2 N–H and O–H groups in total. The van der Waals surface area contributed by atoms with E-state index in [4.69, 9.17) is 15.2 Å². The van der Waals surface area contributed by atoms with Gasteiger partial charge in [0.15, 0.2) is 0 Å². The van der Waals surface area contributed by atoms with E-state index in [2.05, 4.69) is 20.9 Å². The Kier molecular flexibility index (Phi) is 5.59. The molecule has 0 aliphatic carbocycles. The number of nitrogens with zero attached hydrogens (tertiary/aromatic N) is 1. The summed E-state index contributed by atoms with van der Waals surface area (Å²) < 4.78 is 12.2. The molecule has 2 atom stereocenters. The molecule has 0 saturated heterocycles. The van der Waals surface area contributed by atoms with Crippen molar-refractivity contribution in [2.75, 3.05) is 7.11 Å². The minimum Gasteiger partial charge on any atom is -0.497 e. The predicted molar refractivity (Wildman–Crippen MR) is 86.6 cm³/mol. The molecule has 0 fully saturated rings. The number of pyridine rings is 1. The summed E-state index contributed by atoms with van der Waals surface area (Å²) in [6.07, 6.45) is 3.96. The lowest BCUT2D eigenvalue weighted by atomic mass is 10.0. The van der Waals surface area contributed by atoms with Crippen LogP contribution in [0, 0.1) is 0 Å². The summed E-state index contributed by atoms with van der Waals surface area (Å²) in [5.74, 6) is 1.47. The molecule has 0 radical (unpaired) electrons. The van der Waals surface area contributed by atoms with Crippen molar-refractivity contribution in [3.05, 3.63) is 52.8 Å². The molecule has 2 unspecified atom stereocenters. The van der Waals surface area contributed by atoms with Crippen LogP contribution in [0.1, 0.15) is 25.0 Å². The van der Waals surface area contributed by atoms with Gasteiger partial charge in [0, 0.05) is 16.7 Å². The number of halogens is 1. The van der Waals surface area contributed by atoms with Crippen LogP contribution in [0.3, 0.4) is 0 Å². The fourth-order valence-corrected chi connectivity index (χ4v) is 2.38. The standard InChI is InChI=1S/C16H19BrN2O2/c1-3-15(18)16(11-5-4-6-13(7-11)20-2)21-14-8-12(17)9-19-10-14/h4-10,15-16H,3,18H2,1-2H3. The molecule has 0 amide bonds. The number of nitrogens with two attached hydrogens (primary N) is 1. The van der Waals surface area contributed by atoms with Gasteiger partial charge in [0.05, 0.1) is 13.3 Å². The Morgan fingerprint density at radius 1 is 1.24 bits per heavy atom. The Balaban J connectivity index is 2.29. The van der Waals surface area contributed by atoms with Gasteiger partial charge in [-0.15, -0.1) is 0 Å². The van der Waals surface area contributed by atoms with Crippen LogP contribution in [0.5, 0.6) is 11.5 Å². The first-order chi connectivity index (χ1) is 10.1. The normalized spacial score (nSPS) is 13.5. The van der Waals surface area contributed by atoms with Gasteiger partial charge in [-0.2, -0.15) is 0 Å². The third kappa shape index (κ3) is 4.19. The molecule has 0 bridgehead atoms. The van der Waals surface area contributed by atoms with Gasteiger partial charge in [-0.05, 0) is 46.1 Å². The van der Waals surface area contributed by atoms with Crippen LogP contribution in [-0.4, -0.2) is 18.1 Å². The van der Waals surface area contributed by atoms with Crippen molar-refractivity contribution < 1.29 is 9.47 Å². The molecule has 5 heteroatoms. The zero-order chi connectivity index (χ0) is 15.2. The van der Waals surface area contributed by atoms with Gasteiger partial charge < -0.3 is 15.2 Å². The van der Waals surface area contributed by atoms with Crippen LogP contribution < -0.4 is 15.2 Å². The lowest BCUT2D eigenvalue weighted by Crippen LogP contribution is -2.31. The number of hydrogen-bond acceptors (Lipinski definition) is 4. The molecule has 0 saturated carbocycles. The highest BCUT2D eigenvalue weighted by molar-refractivity contribution is 9.10. The fourth-order valence-electron chi connectivity index (χ4n) is 2.04. The van der Waals surface area contributed by atoms with E-state index in [0.717, 1.165) is 22.2 Å². The van der Waals surface area contributed by atoms with E-state index < -0.39 is 0 Å². The number of ether oxygens (including phenoxy) is 2. The van der Waals surface area contributed by atoms with Crippen LogP contribution in [0.4, 0.5) is 0 Å². The van der Waals surface area contributed by atoms with E-state index in [1.165, 1.54) is 0 Å². The van der Waals surface area contributed by atoms with Gasteiger partial charge in [0.25, 0.3) is 0 Å². The van der Waals surface area contributed by atoms with Crippen LogP contribution >= 0.6 is 15.9 Å². The topological polar surface area (TPSA) is 57.4 Å². The predicted octanol–water partition coefficient (Wildman–Crippen LogP) is 3.71. The highest BCUT2D eigenvalue weighted by Gasteiger charge is 2.21. The molecule has 2 rings (SSSR count). The minimum atomic E-state index is -0.249. The van der Waals surface area contributed by atoms with Gasteiger partial charge in [-0.1, -0.05) is 19.1 Å². The van der Waals surface area contributed by atoms with Crippen LogP contribution in [0.15, 0.2) is 47.2 Å². The van der Waals surface area contributed by atoms with Crippen molar-refractivity contribution >= 4 is 15.9 Å². The first-order valence-corrected chi connectivity index (χ1v) is 7.60. The van der Waals surface area contributed by atoms with Crippen LogP contribution in [0.25, 0.3) is 0 Å². The highest BCUT2D eigenvalue weighted by atomic mass is 79.9. The maximum absolute atomic E-state index is 6.23. The van der Waals surface area contributed by atoms with E-state index >= 15 is 0 Å². The van der Waals surface area contributed by atoms with Crippen molar-refractivity contribution in [3.63, 3.8) is 0 Å². The average molecular weight is 351 g/mol. The monoisotopic (exact) mass is 350 g/mol. The van der Waals surface area contributed by atoms with Crippen molar-refractivity contribution in [3.8, 4) is 11.5 Å². The molecule has 4 nitrogen and oxygen atoms in total. The summed E-state index contributed by atoms with van der Waals surface area (Å²) in [6.45, 7) is 2.04. The quantitative estimate of drug-likeness (QED) is 0.862. The number of rotatable bonds is 6. The summed E-state index contributed by atoms with van der Waals surface area (Å²) in [4.78, 5) is 4.11. The second kappa shape index (κ2) is 7.43. The average Bonchev–Trinajstić information content (AvgIpc) is 2.52. The van der Waals surface area contributed by atoms with E-state index in [0.29, 0.717) is 5.75 Å². The van der Waals surface area contributed by atoms with E-state index in [-0.39, 0.29) is 12.1 Å². The maximum Gasteiger partial charge on any atom is 0.139 e. The number of hydrogen-bond donors (Lipinski definition) is 1. The lowest BCUT2D eigenvalue weighted by molar-refractivity contribution is 0.170. The minimum absolute atomic E-state index is 0.115. The molecule has 1 heterocycles. The molecule has 1 aromatic carbocycles. The Labute approximate surface area is 133 Å². The van der Waals surface area contributed by atoms with Gasteiger partial charge >= 0.3 is 0 Å². The van der Waals surface area contributed by atoms with Crippen molar-refractivity contribution in [2.45, 2.75) is 25.5 Å². The van der Waals surface area contributed by atoms with E-state index in [9.17, 15) is 0 Å². The van der Waals surface area contributed by atoms with Crippen molar-refractivity contribution in [1.82, 2.24) is 4.98 Å². The molecule has 1 aromatic heterocycles. The Hall–Kier alpha value is -1.59. The third-order valence-electron chi connectivity index (χ3n) is 3.23. The zero-order valence-electron chi connectivity index (χ0n) is 12.1. The second-order valence-corrected chi connectivity index (χ2v) is 5.64. The molecule has 0 aliphatic heterocycles. The maximum atomic E-state index is 6.23. The van der Waals surface area contributed by atoms with E-state index in [1.54, 1.807) is 19.5 Å². The molecule has 112 valence electrons. The van der Waals surface area contributed by atoms with Crippen molar-refractivity contribution in [1.29, 1.82) is 0 Å².